The normalized spacial score (nSPS) is 14.4. The Morgan fingerprint density at radius 2 is 2.00 bits per heavy atom. The molecule has 1 aromatic heterocycles. The minimum absolute atomic E-state index is 0.114. The lowest BCUT2D eigenvalue weighted by Crippen LogP contribution is -2.06. The molecule has 1 aliphatic carbocycles. The van der Waals surface area contributed by atoms with Gasteiger partial charge in [-0.15, -0.1) is 5.10 Å². The third-order valence-electron chi connectivity index (χ3n) is 1.98. The van der Waals surface area contributed by atoms with Gasteiger partial charge in [-0.1, -0.05) is 0 Å². The van der Waals surface area contributed by atoms with Crippen molar-refractivity contribution >= 4 is 5.78 Å². The molecule has 62 valence electrons. The van der Waals surface area contributed by atoms with Crippen molar-refractivity contribution in [2.24, 2.45) is 0 Å². The van der Waals surface area contributed by atoms with Gasteiger partial charge in [0, 0.05) is 6.92 Å². The van der Waals surface area contributed by atoms with Crippen molar-refractivity contribution in [3.8, 4) is 0 Å². The van der Waals surface area contributed by atoms with Crippen LogP contribution in [0.3, 0.4) is 0 Å². The molecule has 0 N–H and O–H groups in total. The van der Waals surface area contributed by atoms with Crippen molar-refractivity contribution in [1.82, 2.24) is 15.2 Å². The maximum Gasteiger partial charge on any atom is 0.217 e. The average molecular weight is 163 g/mol. The lowest BCUT2D eigenvalue weighted by Gasteiger charge is -1.96. The minimum atomic E-state index is -0.114. The van der Waals surface area contributed by atoms with Gasteiger partial charge in [0.1, 0.15) is 0 Å². The Bertz CT molecular complexity index is 335. The van der Waals surface area contributed by atoms with Gasteiger partial charge in [-0.2, -0.15) is 5.10 Å². The summed E-state index contributed by atoms with van der Waals surface area (Å²) in [5.41, 5.74) is 1.91. The van der Waals surface area contributed by atoms with E-state index in [2.05, 4.69) is 15.2 Å². The third-order valence-corrected chi connectivity index (χ3v) is 1.98. The predicted octanol–water partition coefficient (Wildman–Crippen LogP) is 0.563. The van der Waals surface area contributed by atoms with Gasteiger partial charge in [0.2, 0.25) is 5.82 Å². The Kier molecular flexibility index (Phi) is 1.60. The summed E-state index contributed by atoms with van der Waals surface area (Å²) < 4.78 is 0. The highest BCUT2D eigenvalue weighted by Gasteiger charge is 2.16. The fourth-order valence-electron chi connectivity index (χ4n) is 1.35. The molecule has 0 aromatic carbocycles. The number of aromatic nitrogens is 3. The molecule has 0 unspecified atom stereocenters. The van der Waals surface area contributed by atoms with E-state index in [1.165, 1.54) is 6.92 Å². The van der Waals surface area contributed by atoms with Crippen molar-refractivity contribution in [2.75, 3.05) is 0 Å². The van der Waals surface area contributed by atoms with Gasteiger partial charge in [0.25, 0.3) is 0 Å². The molecule has 0 fully saturated rings. The molecule has 0 aliphatic heterocycles. The van der Waals surface area contributed by atoms with Crippen molar-refractivity contribution in [1.29, 1.82) is 0 Å². The summed E-state index contributed by atoms with van der Waals surface area (Å²) in [4.78, 5) is 15.0. The molecule has 0 saturated heterocycles. The summed E-state index contributed by atoms with van der Waals surface area (Å²) in [6, 6.07) is 0. The number of Topliss-reactive ketones (excluding diaryl/α,β-unsaturated/α-hetero) is 1. The van der Waals surface area contributed by atoms with E-state index in [0.717, 1.165) is 30.7 Å². The Balaban J connectivity index is 2.45. The van der Waals surface area contributed by atoms with Gasteiger partial charge in [0.15, 0.2) is 5.78 Å². The van der Waals surface area contributed by atoms with Crippen LogP contribution in [0.15, 0.2) is 0 Å². The summed E-state index contributed by atoms with van der Waals surface area (Å²) in [6.07, 6.45) is 2.97. The molecular weight excluding hydrogens is 154 g/mol. The number of carbonyl (C=O) groups excluding carboxylic acids is 1. The maximum atomic E-state index is 10.9. The zero-order valence-electron chi connectivity index (χ0n) is 6.87. The van der Waals surface area contributed by atoms with Crippen LogP contribution in [0.4, 0.5) is 0 Å². The first kappa shape index (κ1) is 7.34. The van der Waals surface area contributed by atoms with E-state index in [4.69, 9.17) is 0 Å². The van der Waals surface area contributed by atoms with Gasteiger partial charge in [-0.25, -0.2) is 4.98 Å². The molecule has 4 nitrogen and oxygen atoms in total. The summed E-state index contributed by atoms with van der Waals surface area (Å²) in [5.74, 6) is 0.132. The van der Waals surface area contributed by atoms with Crippen LogP contribution in [0.25, 0.3) is 0 Å². The number of hydrogen-bond acceptors (Lipinski definition) is 4. The van der Waals surface area contributed by atoms with E-state index < -0.39 is 0 Å². The fraction of sp³-hybridized carbons (Fsp3) is 0.500. The standard InChI is InChI=1S/C8H9N3O/c1-5(12)8-9-6-3-2-4-7(6)10-11-8/h2-4H2,1H3. The molecule has 0 amide bonds. The first-order valence-electron chi connectivity index (χ1n) is 4.01. The molecule has 1 heterocycles. The number of ketones is 1. The van der Waals surface area contributed by atoms with Crippen molar-refractivity contribution in [2.45, 2.75) is 26.2 Å². The molecule has 0 bridgehead atoms. The quantitative estimate of drug-likeness (QED) is 0.568. The predicted molar refractivity (Wildman–Crippen MR) is 41.9 cm³/mol. The molecule has 4 heteroatoms. The van der Waals surface area contributed by atoms with Crippen molar-refractivity contribution in [3.63, 3.8) is 0 Å². The van der Waals surface area contributed by atoms with Gasteiger partial charge < -0.3 is 0 Å². The van der Waals surface area contributed by atoms with Crippen molar-refractivity contribution in [3.05, 3.63) is 17.2 Å². The number of aryl methyl sites for hydroxylation is 2. The van der Waals surface area contributed by atoms with Gasteiger partial charge in [0.05, 0.1) is 11.4 Å². The summed E-state index contributed by atoms with van der Waals surface area (Å²) >= 11 is 0. The van der Waals surface area contributed by atoms with Crippen molar-refractivity contribution < 1.29 is 4.79 Å². The van der Waals surface area contributed by atoms with E-state index in [1.807, 2.05) is 0 Å². The highest BCUT2D eigenvalue weighted by Crippen LogP contribution is 2.16. The number of carbonyl (C=O) groups is 1. The van der Waals surface area contributed by atoms with Gasteiger partial charge in [-0.05, 0) is 19.3 Å². The van der Waals surface area contributed by atoms with Crippen LogP contribution in [0.5, 0.6) is 0 Å². The molecule has 1 aliphatic rings. The van der Waals surface area contributed by atoms with Crippen LogP contribution in [0, 0.1) is 0 Å². The SMILES string of the molecule is CC(=O)c1nnc2c(n1)CCC2. The van der Waals surface area contributed by atoms with Crippen LogP contribution in [-0.2, 0) is 12.8 Å². The second-order valence-corrected chi connectivity index (χ2v) is 2.94. The highest BCUT2D eigenvalue weighted by atomic mass is 16.1. The van der Waals surface area contributed by atoms with E-state index in [9.17, 15) is 4.79 Å². The monoisotopic (exact) mass is 163 g/mol. The number of hydrogen-bond donors (Lipinski definition) is 0. The highest BCUT2D eigenvalue weighted by molar-refractivity contribution is 5.90. The third kappa shape index (κ3) is 1.09. The minimum Gasteiger partial charge on any atom is -0.291 e. The molecular formula is C8H9N3O. The molecule has 12 heavy (non-hydrogen) atoms. The zero-order valence-corrected chi connectivity index (χ0v) is 6.87. The maximum absolute atomic E-state index is 10.9. The lowest BCUT2D eigenvalue weighted by atomic mass is 10.3. The molecule has 2 rings (SSSR count). The summed E-state index contributed by atoms with van der Waals surface area (Å²) in [6.45, 7) is 1.46. The number of fused-ring (bicyclic) bond motifs is 1. The second-order valence-electron chi connectivity index (χ2n) is 2.94. The largest absolute Gasteiger partial charge is 0.291 e. The number of nitrogens with zero attached hydrogens (tertiary/aromatic N) is 3. The Labute approximate surface area is 70.0 Å². The van der Waals surface area contributed by atoms with Crippen LogP contribution in [0.1, 0.15) is 35.4 Å². The van der Waals surface area contributed by atoms with E-state index in [0.29, 0.717) is 0 Å². The average Bonchev–Trinajstić information content (AvgIpc) is 2.49. The molecule has 0 saturated carbocycles. The van der Waals surface area contributed by atoms with Crippen LogP contribution < -0.4 is 0 Å². The Hall–Kier alpha value is -1.32. The molecule has 1 aromatic rings. The van der Waals surface area contributed by atoms with E-state index in [1.54, 1.807) is 0 Å². The first-order valence-corrected chi connectivity index (χ1v) is 4.01. The van der Waals surface area contributed by atoms with E-state index >= 15 is 0 Å². The second kappa shape index (κ2) is 2.62. The van der Waals surface area contributed by atoms with Crippen LogP contribution in [-0.4, -0.2) is 21.0 Å². The number of rotatable bonds is 1. The van der Waals surface area contributed by atoms with E-state index in [-0.39, 0.29) is 11.6 Å². The topological polar surface area (TPSA) is 55.7 Å². The van der Waals surface area contributed by atoms with Crippen LogP contribution >= 0.6 is 0 Å². The Morgan fingerprint density at radius 1 is 1.25 bits per heavy atom. The van der Waals surface area contributed by atoms with Gasteiger partial charge in [-0.3, -0.25) is 4.79 Å². The van der Waals surface area contributed by atoms with Gasteiger partial charge >= 0.3 is 0 Å². The Morgan fingerprint density at radius 3 is 2.75 bits per heavy atom. The van der Waals surface area contributed by atoms with Crippen LogP contribution in [0.2, 0.25) is 0 Å². The molecule has 0 atom stereocenters. The lowest BCUT2D eigenvalue weighted by molar-refractivity contribution is 0.100. The zero-order chi connectivity index (χ0) is 8.55. The summed E-state index contributed by atoms with van der Waals surface area (Å²) in [5, 5.41) is 7.69. The summed E-state index contributed by atoms with van der Waals surface area (Å²) in [7, 11) is 0. The molecule has 0 spiro atoms. The molecule has 0 radical (unpaired) electrons. The fourth-order valence-corrected chi connectivity index (χ4v) is 1.35. The smallest absolute Gasteiger partial charge is 0.217 e. The first-order chi connectivity index (χ1) is 5.77.